The van der Waals surface area contributed by atoms with Gasteiger partial charge in [-0.2, -0.15) is 0 Å². The van der Waals surface area contributed by atoms with Gasteiger partial charge in [-0.1, -0.05) is 13.0 Å². The number of hydrogen-bond acceptors (Lipinski definition) is 3. The van der Waals surface area contributed by atoms with E-state index in [1.807, 2.05) is 33.0 Å². The Morgan fingerprint density at radius 1 is 1.47 bits per heavy atom. The Morgan fingerprint density at radius 2 is 2.21 bits per heavy atom. The quantitative estimate of drug-likeness (QED) is 0.898. The highest BCUT2D eigenvalue weighted by atomic mass is 16.5. The van der Waals surface area contributed by atoms with Gasteiger partial charge in [0, 0.05) is 24.1 Å². The first-order chi connectivity index (χ1) is 8.97. The van der Waals surface area contributed by atoms with Crippen molar-refractivity contribution in [1.82, 2.24) is 5.32 Å². The predicted octanol–water partition coefficient (Wildman–Crippen LogP) is 3.69. The van der Waals surface area contributed by atoms with Crippen LogP contribution in [0.4, 0.5) is 0 Å². The van der Waals surface area contributed by atoms with Gasteiger partial charge in [0.2, 0.25) is 0 Å². The second-order valence-corrected chi connectivity index (χ2v) is 5.82. The molecule has 106 valence electrons. The zero-order chi connectivity index (χ0) is 14.0. The van der Waals surface area contributed by atoms with Gasteiger partial charge in [-0.3, -0.25) is 0 Å². The molecule has 0 saturated carbocycles. The van der Waals surface area contributed by atoms with Gasteiger partial charge in [0.05, 0.1) is 6.10 Å². The molecule has 1 aliphatic rings. The van der Waals surface area contributed by atoms with Crippen LogP contribution >= 0.6 is 0 Å². The lowest BCUT2D eigenvalue weighted by Crippen LogP contribution is -2.40. The summed E-state index contributed by atoms with van der Waals surface area (Å²) in [7, 11) is 2.01. The first kappa shape index (κ1) is 14.2. The van der Waals surface area contributed by atoms with Crippen molar-refractivity contribution in [2.45, 2.75) is 58.3 Å². The average molecular weight is 263 g/mol. The van der Waals surface area contributed by atoms with Crippen molar-refractivity contribution in [3.63, 3.8) is 0 Å². The molecular formula is C16H25NO2. The zero-order valence-electron chi connectivity index (χ0n) is 12.6. The molecule has 0 aliphatic carbocycles. The summed E-state index contributed by atoms with van der Waals surface area (Å²) in [5.41, 5.74) is 1.13. The number of nitrogens with one attached hydrogen (secondary N) is 1. The molecule has 2 unspecified atom stereocenters. The summed E-state index contributed by atoms with van der Waals surface area (Å²) in [6, 6.07) is 6.51. The lowest BCUT2D eigenvalue weighted by molar-refractivity contribution is 0.0450. The van der Waals surface area contributed by atoms with Crippen LogP contribution in [0.3, 0.4) is 0 Å². The Kier molecular flexibility index (Phi) is 4.04. The first-order valence-electron chi connectivity index (χ1n) is 7.14. The van der Waals surface area contributed by atoms with Crippen LogP contribution in [0.25, 0.3) is 0 Å². The van der Waals surface area contributed by atoms with E-state index in [-0.39, 0.29) is 11.7 Å². The molecule has 2 atom stereocenters. The first-order valence-corrected chi connectivity index (χ1v) is 7.14. The van der Waals surface area contributed by atoms with Gasteiger partial charge in [-0.25, -0.2) is 0 Å². The summed E-state index contributed by atoms with van der Waals surface area (Å²) in [4.78, 5) is 0. The summed E-state index contributed by atoms with van der Waals surface area (Å²) in [6.45, 7) is 8.42. The van der Waals surface area contributed by atoms with Gasteiger partial charge < -0.3 is 14.8 Å². The Hall–Kier alpha value is -1.22. The molecule has 1 N–H and O–H groups in total. The lowest BCUT2D eigenvalue weighted by Gasteiger charge is -2.39. The third-order valence-electron chi connectivity index (χ3n) is 3.82. The van der Waals surface area contributed by atoms with Gasteiger partial charge in [0.25, 0.3) is 0 Å². The van der Waals surface area contributed by atoms with Crippen molar-refractivity contribution < 1.29 is 9.47 Å². The van der Waals surface area contributed by atoms with Gasteiger partial charge in [-0.15, -0.1) is 0 Å². The molecule has 1 aliphatic heterocycles. The van der Waals surface area contributed by atoms with Crippen LogP contribution in [0, 0.1) is 0 Å². The molecule has 0 spiro atoms. The monoisotopic (exact) mass is 263 g/mol. The Morgan fingerprint density at radius 3 is 2.79 bits per heavy atom. The van der Waals surface area contributed by atoms with Crippen LogP contribution in [0.1, 0.15) is 52.1 Å². The maximum Gasteiger partial charge on any atom is 0.128 e. The molecule has 0 radical (unpaired) electrons. The second kappa shape index (κ2) is 5.41. The van der Waals surface area contributed by atoms with Gasteiger partial charge in [0.15, 0.2) is 0 Å². The molecule has 2 rings (SSSR count). The molecule has 1 heterocycles. The largest absolute Gasteiger partial charge is 0.491 e. The zero-order valence-corrected chi connectivity index (χ0v) is 12.6. The van der Waals surface area contributed by atoms with E-state index in [9.17, 15) is 0 Å². The molecule has 0 fully saturated rings. The number of rotatable bonds is 4. The average Bonchev–Trinajstić information content (AvgIpc) is 2.36. The lowest BCUT2D eigenvalue weighted by atomic mass is 9.87. The Balaban J connectivity index is 2.34. The van der Waals surface area contributed by atoms with Crippen molar-refractivity contribution in [3.05, 3.63) is 23.8 Å². The van der Waals surface area contributed by atoms with Gasteiger partial charge in [-0.05, 0) is 40.3 Å². The molecule has 3 nitrogen and oxygen atoms in total. The second-order valence-electron chi connectivity index (χ2n) is 5.82. The molecule has 0 saturated heterocycles. The minimum absolute atomic E-state index is 0.100. The van der Waals surface area contributed by atoms with E-state index in [1.54, 1.807) is 0 Å². The Labute approximate surface area is 116 Å². The number of hydrogen-bond donors (Lipinski definition) is 1. The smallest absolute Gasteiger partial charge is 0.128 e. The molecule has 3 heteroatoms. The maximum atomic E-state index is 6.20. The third-order valence-corrected chi connectivity index (χ3v) is 3.82. The standard InChI is InChI=1S/C16H25NO2/c1-6-16(4)10-14(17-5)13-8-7-12(18-11(2)3)9-15(13)19-16/h7-9,11,14,17H,6,10H2,1-5H3. The summed E-state index contributed by atoms with van der Waals surface area (Å²) in [5.74, 6) is 1.83. The summed E-state index contributed by atoms with van der Waals surface area (Å²) in [5, 5.41) is 3.39. The van der Waals surface area contributed by atoms with Crippen molar-refractivity contribution in [3.8, 4) is 11.5 Å². The maximum absolute atomic E-state index is 6.20. The minimum atomic E-state index is -0.100. The molecule has 1 aromatic carbocycles. The molecule has 0 bridgehead atoms. The predicted molar refractivity (Wildman–Crippen MR) is 77.9 cm³/mol. The molecule has 0 amide bonds. The van der Waals surface area contributed by atoms with Crippen LogP contribution < -0.4 is 14.8 Å². The molecule has 1 aromatic rings. The number of ether oxygens (including phenoxy) is 2. The van der Waals surface area contributed by atoms with Crippen LogP contribution in [0.5, 0.6) is 11.5 Å². The molecule has 19 heavy (non-hydrogen) atoms. The van der Waals surface area contributed by atoms with Crippen molar-refractivity contribution in [2.24, 2.45) is 0 Å². The molecular weight excluding hydrogens is 238 g/mol. The fourth-order valence-corrected chi connectivity index (χ4v) is 2.56. The fourth-order valence-electron chi connectivity index (χ4n) is 2.56. The summed E-state index contributed by atoms with van der Waals surface area (Å²) in [6.07, 6.45) is 2.18. The van der Waals surface area contributed by atoms with Crippen molar-refractivity contribution >= 4 is 0 Å². The highest BCUT2D eigenvalue weighted by Gasteiger charge is 2.35. The van der Waals surface area contributed by atoms with Gasteiger partial charge in [0.1, 0.15) is 17.1 Å². The van der Waals surface area contributed by atoms with E-state index in [0.717, 1.165) is 24.3 Å². The summed E-state index contributed by atoms with van der Waals surface area (Å²) < 4.78 is 12.0. The van der Waals surface area contributed by atoms with Crippen LogP contribution in [0.15, 0.2) is 18.2 Å². The van der Waals surface area contributed by atoms with Crippen molar-refractivity contribution in [1.29, 1.82) is 0 Å². The van der Waals surface area contributed by atoms with E-state index >= 15 is 0 Å². The highest BCUT2D eigenvalue weighted by molar-refractivity contribution is 5.44. The normalized spacial score (nSPS) is 25.9. The van der Waals surface area contributed by atoms with Crippen molar-refractivity contribution in [2.75, 3.05) is 7.05 Å². The number of benzene rings is 1. The van der Waals surface area contributed by atoms with E-state index in [4.69, 9.17) is 9.47 Å². The highest BCUT2D eigenvalue weighted by Crippen LogP contribution is 2.42. The summed E-state index contributed by atoms with van der Waals surface area (Å²) >= 11 is 0. The van der Waals surface area contributed by atoms with E-state index in [2.05, 4.69) is 25.2 Å². The van der Waals surface area contributed by atoms with E-state index in [1.165, 1.54) is 5.56 Å². The van der Waals surface area contributed by atoms with E-state index < -0.39 is 0 Å². The van der Waals surface area contributed by atoms with Crippen LogP contribution in [-0.2, 0) is 0 Å². The Bertz CT molecular complexity index is 444. The number of fused-ring (bicyclic) bond motifs is 1. The van der Waals surface area contributed by atoms with Crippen LogP contribution in [0.2, 0.25) is 0 Å². The third kappa shape index (κ3) is 3.03. The van der Waals surface area contributed by atoms with Gasteiger partial charge >= 0.3 is 0 Å². The molecule has 0 aromatic heterocycles. The SMILES string of the molecule is CCC1(C)CC(NC)c2ccc(OC(C)C)cc2O1. The van der Waals surface area contributed by atoms with Crippen LogP contribution in [-0.4, -0.2) is 18.8 Å². The van der Waals surface area contributed by atoms with E-state index in [0.29, 0.717) is 6.04 Å². The minimum Gasteiger partial charge on any atom is -0.491 e. The topological polar surface area (TPSA) is 30.5 Å². The fraction of sp³-hybridized carbons (Fsp3) is 0.625.